The Morgan fingerprint density at radius 3 is 2.63 bits per heavy atom. The summed E-state index contributed by atoms with van der Waals surface area (Å²) in [5.74, 6) is 0.946. The van der Waals surface area contributed by atoms with Gasteiger partial charge in [0.25, 0.3) is 0 Å². The highest BCUT2D eigenvalue weighted by Gasteiger charge is 2.27. The molecular formula is C19H25ClN4O2S. The molecule has 146 valence electrons. The van der Waals surface area contributed by atoms with E-state index in [1.807, 2.05) is 12.4 Å². The molecule has 1 fully saturated rings. The standard InChI is InChI=1S/C19H25ClN4O2S/c1-3-5-18-21-9-14(10-22-18)12-24-7-4-6-15(13-24)19-17(27(2,25)26)8-16(20)11-23-19/h8-11,15H,3-7,12-13H2,1-2H3. The van der Waals surface area contributed by atoms with Gasteiger partial charge >= 0.3 is 0 Å². The van der Waals surface area contributed by atoms with Crippen molar-refractivity contribution in [1.29, 1.82) is 0 Å². The van der Waals surface area contributed by atoms with E-state index in [1.165, 1.54) is 18.5 Å². The minimum atomic E-state index is -3.38. The third kappa shape index (κ3) is 5.24. The van der Waals surface area contributed by atoms with Crippen molar-refractivity contribution in [3.8, 4) is 0 Å². The molecule has 0 spiro atoms. The molecule has 1 aliphatic rings. The molecular weight excluding hydrogens is 384 g/mol. The molecule has 1 unspecified atom stereocenters. The fourth-order valence-electron chi connectivity index (χ4n) is 3.53. The topological polar surface area (TPSA) is 76.1 Å². The van der Waals surface area contributed by atoms with Crippen LogP contribution < -0.4 is 0 Å². The van der Waals surface area contributed by atoms with E-state index in [9.17, 15) is 8.42 Å². The van der Waals surface area contributed by atoms with Crippen LogP contribution in [-0.2, 0) is 22.8 Å². The van der Waals surface area contributed by atoms with Crippen molar-refractivity contribution in [2.75, 3.05) is 19.3 Å². The molecule has 27 heavy (non-hydrogen) atoms. The summed E-state index contributed by atoms with van der Waals surface area (Å²) in [6.07, 6.45) is 10.4. The number of aryl methyl sites for hydroxylation is 1. The van der Waals surface area contributed by atoms with Crippen LogP contribution in [0, 0.1) is 0 Å². The quantitative estimate of drug-likeness (QED) is 0.730. The lowest BCUT2D eigenvalue weighted by molar-refractivity contribution is 0.197. The summed E-state index contributed by atoms with van der Waals surface area (Å²) in [5.41, 5.74) is 1.70. The van der Waals surface area contributed by atoms with Crippen LogP contribution in [0.25, 0.3) is 0 Å². The molecule has 0 bridgehead atoms. The van der Waals surface area contributed by atoms with Gasteiger partial charge in [-0.2, -0.15) is 0 Å². The Balaban J connectivity index is 1.75. The lowest BCUT2D eigenvalue weighted by Crippen LogP contribution is -2.34. The first kappa shape index (κ1) is 20.2. The van der Waals surface area contributed by atoms with Crippen LogP contribution in [0.3, 0.4) is 0 Å². The van der Waals surface area contributed by atoms with Crippen molar-refractivity contribution >= 4 is 21.4 Å². The molecule has 1 atom stereocenters. The van der Waals surface area contributed by atoms with E-state index in [0.717, 1.165) is 56.7 Å². The summed E-state index contributed by atoms with van der Waals surface area (Å²) in [7, 11) is -3.38. The molecule has 6 nitrogen and oxygen atoms in total. The molecule has 0 N–H and O–H groups in total. The van der Waals surface area contributed by atoms with Gasteiger partial charge in [-0.15, -0.1) is 0 Å². The highest BCUT2D eigenvalue weighted by molar-refractivity contribution is 7.90. The Kier molecular flexibility index (Phi) is 6.44. The summed E-state index contributed by atoms with van der Waals surface area (Å²) >= 11 is 5.98. The van der Waals surface area contributed by atoms with Gasteiger partial charge < -0.3 is 0 Å². The summed E-state index contributed by atoms with van der Waals surface area (Å²) in [6, 6.07) is 1.51. The fraction of sp³-hybridized carbons (Fsp3) is 0.526. The molecule has 3 heterocycles. The Morgan fingerprint density at radius 2 is 1.96 bits per heavy atom. The van der Waals surface area contributed by atoms with Gasteiger partial charge in [0.2, 0.25) is 0 Å². The third-order valence-electron chi connectivity index (χ3n) is 4.78. The molecule has 1 saturated heterocycles. The summed E-state index contributed by atoms with van der Waals surface area (Å²) < 4.78 is 24.4. The summed E-state index contributed by atoms with van der Waals surface area (Å²) in [5, 5.41) is 0.344. The zero-order valence-electron chi connectivity index (χ0n) is 15.7. The summed E-state index contributed by atoms with van der Waals surface area (Å²) in [4.78, 5) is 15.8. The average molecular weight is 409 g/mol. The van der Waals surface area contributed by atoms with E-state index >= 15 is 0 Å². The maximum Gasteiger partial charge on any atom is 0.177 e. The smallest absolute Gasteiger partial charge is 0.177 e. The predicted molar refractivity (Wildman–Crippen MR) is 106 cm³/mol. The zero-order valence-corrected chi connectivity index (χ0v) is 17.3. The number of aromatic nitrogens is 3. The first-order valence-corrected chi connectivity index (χ1v) is 11.5. The maximum atomic E-state index is 12.2. The number of likely N-dealkylation sites (tertiary alicyclic amines) is 1. The molecule has 0 aromatic carbocycles. The van der Waals surface area contributed by atoms with Gasteiger partial charge in [-0.1, -0.05) is 18.5 Å². The molecule has 8 heteroatoms. The number of hydrogen-bond acceptors (Lipinski definition) is 6. The van der Waals surface area contributed by atoms with Gasteiger partial charge in [-0.25, -0.2) is 18.4 Å². The monoisotopic (exact) mass is 408 g/mol. The van der Waals surface area contributed by atoms with Crippen molar-refractivity contribution in [2.45, 2.75) is 50.0 Å². The number of sulfone groups is 1. The lowest BCUT2D eigenvalue weighted by Gasteiger charge is -2.33. The van der Waals surface area contributed by atoms with Gasteiger partial charge in [0.1, 0.15) is 5.82 Å². The summed E-state index contributed by atoms with van der Waals surface area (Å²) in [6.45, 7) is 4.59. The van der Waals surface area contributed by atoms with E-state index in [-0.39, 0.29) is 10.8 Å². The van der Waals surface area contributed by atoms with E-state index in [1.54, 1.807) is 0 Å². The Labute approximate surface area is 165 Å². The highest BCUT2D eigenvalue weighted by atomic mass is 35.5. The van der Waals surface area contributed by atoms with Gasteiger partial charge in [0.15, 0.2) is 9.84 Å². The first-order valence-electron chi connectivity index (χ1n) is 9.24. The fourth-order valence-corrected chi connectivity index (χ4v) is 4.69. The van der Waals surface area contributed by atoms with E-state index in [2.05, 4.69) is 26.8 Å². The number of piperidine rings is 1. The molecule has 0 radical (unpaired) electrons. The average Bonchev–Trinajstić information content (AvgIpc) is 2.63. The van der Waals surface area contributed by atoms with Crippen LogP contribution in [0.5, 0.6) is 0 Å². The minimum absolute atomic E-state index is 0.0704. The Morgan fingerprint density at radius 1 is 1.22 bits per heavy atom. The van der Waals surface area contributed by atoms with Crippen LogP contribution in [0.15, 0.2) is 29.6 Å². The van der Waals surface area contributed by atoms with Crippen molar-refractivity contribution in [3.63, 3.8) is 0 Å². The lowest BCUT2D eigenvalue weighted by atomic mass is 9.94. The minimum Gasteiger partial charge on any atom is -0.298 e. The van der Waals surface area contributed by atoms with Gasteiger partial charge in [-0.05, 0) is 31.9 Å². The number of nitrogens with zero attached hydrogens (tertiary/aromatic N) is 4. The second kappa shape index (κ2) is 8.63. The van der Waals surface area contributed by atoms with Crippen molar-refractivity contribution in [2.24, 2.45) is 0 Å². The Bertz CT molecular complexity index is 887. The third-order valence-corrected chi connectivity index (χ3v) is 6.11. The van der Waals surface area contributed by atoms with Gasteiger partial charge in [0.05, 0.1) is 15.6 Å². The number of hydrogen-bond donors (Lipinski definition) is 0. The van der Waals surface area contributed by atoms with Crippen molar-refractivity contribution < 1.29 is 8.42 Å². The van der Waals surface area contributed by atoms with Crippen LogP contribution in [-0.4, -0.2) is 47.6 Å². The van der Waals surface area contributed by atoms with Crippen LogP contribution in [0.2, 0.25) is 5.02 Å². The zero-order chi connectivity index (χ0) is 19.4. The molecule has 0 amide bonds. The molecule has 2 aromatic heterocycles. The largest absolute Gasteiger partial charge is 0.298 e. The predicted octanol–water partition coefficient (Wildman–Crippen LogP) is 3.26. The second-order valence-corrected chi connectivity index (χ2v) is 9.56. The van der Waals surface area contributed by atoms with E-state index in [4.69, 9.17) is 11.6 Å². The van der Waals surface area contributed by atoms with Gasteiger partial charge in [0, 0.05) is 55.8 Å². The van der Waals surface area contributed by atoms with Gasteiger partial charge in [-0.3, -0.25) is 9.88 Å². The maximum absolute atomic E-state index is 12.2. The van der Waals surface area contributed by atoms with Crippen LogP contribution in [0.4, 0.5) is 0 Å². The molecule has 0 aliphatic carbocycles. The molecule has 3 rings (SSSR count). The number of rotatable bonds is 6. The normalized spacial score (nSPS) is 18.6. The Hall–Kier alpha value is -1.57. The molecule has 0 saturated carbocycles. The molecule has 1 aliphatic heterocycles. The van der Waals surface area contributed by atoms with Crippen LogP contribution in [0.1, 0.15) is 49.2 Å². The number of halogens is 1. The SMILES string of the molecule is CCCc1ncc(CN2CCCC(c3ncc(Cl)cc3S(C)(=O)=O)C2)cn1. The second-order valence-electron chi connectivity index (χ2n) is 7.14. The van der Waals surface area contributed by atoms with E-state index < -0.39 is 9.84 Å². The molecule has 2 aromatic rings. The first-order chi connectivity index (χ1) is 12.9. The van der Waals surface area contributed by atoms with E-state index in [0.29, 0.717) is 10.7 Å². The van der Waals surface area contributed by atoms with Crippen LogP contribution >= 0.6 is 11.6 Å². The highest BCUT2D eigenvalue weighted by Crippen LogP contribution is 2.31. The van der Waals surface area contributed by atoms with Crippen molar-refractivity contribution in [3.05, 3.63) is 46.8 Å². The van der Waals surface area contributed by atoms with Crippen molar-refractivity contribution in [1.82, 2.24) is 19.9 Å². The number of pyridine rings is 1.